The van der Waals surface area contributed by atoms with E-state index < -0.39 is 29.6 Å². The summed E-state index contributed by atoms with van der Waals surface area (Å²) in [4.78, 5) is 23.3. The first-order valence-electron chi connectivity index (χ1n) is 5.52. The topological polar surface area (TPSA) is 67.2 Å². The van der Waals surface area contributed by atoms with E-state index in [0.29, 0.717) is 0 Å². The second-order valence-electron chi connectivity index (χ2n) is 3.97. The highest BCUT2D eigenvalue weighted by molar-refractivity contribution is 6.10. The molecular weight excluding hydrogens is 275 g/mol. The zero-order chi connectivity index (χ0) is 15.3. The molecule has 0 spiro atoms. The highest BCUT2D eigenvalue weighted by atomic mass is 19.4. The first-order valence-corrected chi connectivity index (χ1v) is 5.52. The van der Waals surface area contributed by atoms with Crippen molar-refractivity contribution in [2.75, 3.05) is 0 Å². The summed E-state index contributed by atoms with van der Waals surface area (Å²) in [5, 5.41) is 8.56. The predicted molar refractivity (Wildman–Crippen MR) is 61.9 cm³/mol. The first kappa shape index (κ1) is 15.7. The molecular formula is C13H10F3NO3. The Hall–Kier alpha value is -2.36. The number of nitrogens with zero attached hydrogens (tertiary/aromatic N) is 1. The first-order chi connectivity index (χ1) is 9.24. The van der Waals surface area contributed by atoms with Crippen LogP contribution in [0.1, 0.15) is 23.7 Å². The number of carbonyl (C=O) groups is 2. The third-order valence-electron chi connectivity index (χ3n) is 2.45. The quantitative estimate of drug-likeness (QED) is 0.616. The summed E-state index contributed by atoms with van der Waals surface area (Å²) in [7, 11) is 0. The summed E-state index contributed by atoms with van der Waals surface area (Å²) in [6.45, 7) is 1.15. The van der Waals surface area contributed by atoms with Crippen molar-refractivity contribution in [3.63, 3.8) is 0 Å². The molecule has 4 nitrogen and oxygen atoms in total. The van der Waals surface area contributed by atoms with Crippen molar-refractivity contribution in [1.29, 1.82) is 5.26 Å². The van der Waals surface area contributed by atoms with Gasteiger partial charge in [-0.3, -0.25) is 9.59 Å². The Morgan fingerprint density at radius 1 is 1.40 bits per heavy atom. The number of alkyl halides is 3. The molecule has 1 aromatic carbocycles. The Labute approximate surface area is 112 Å². The van der Waals surface area contributed by atoms with Gasteiger partial charge in [0.05, 0.1) is 18.4 Å². The van der Waals surface area contributed by atoms with Gasteiger partial charge in [-0.15, -0.1) is 13.2 Å². The van der Waals surface area contributed by atoms with E-state index in [1.165, 1.54) is 12.1 Å². The van der Waals surface area contributed by atoms with E-state index in [2.05, 4.69) is 4.74 Å². The van der Waals surface area contributed by atoms with E-state index in [9.17, 15) is 22.8 Å². The van der Waals surface area contributed by atoms with Gasteiger partial charge in [-0.1, -0.05) is 12.1 Å². The number of benzene rings is 1. The molecule has 0 saturated carbocycles. The van der Waals surface area contributed by atoms with Crippen LogP contribution in [0.5, 0.6) is 5.75 Å². The van der Waals surface area contributed by atoms with Gasteiger partial charge in [0.1, 0.15) is 11.5 Å². The number of nitriles is 1. The number of halogens is 3. The number of rotatable bonds is 5. The van der Waals surface area contributed by atoms with Crippen LogP contribution in [0.3, 0.4) is 0 Å². The standard InChI is InChI=1S/C13H10F3NO3/c1-8(18)11(5-6-17)12(19)9-3-2-4-10(7-9)20-13(14,15)16/h2-4,7,11H,5H2,1H3. The summed E-state index contributed by atoms with van der Waals surface area (Å²) in [5.41, 5.74) is -0.109. The average Bonchev–Trinajstić information content (AvgIpc) is 2.33. The van der Waals surface area contributed by atoms with Crippen molar-refractivity contribution in [3.8, 4) is 11.8 Å². The zero-order valence-corrected chi connectivity index (χ0v) is 10.4. The van der Waals surface area contributed by atoms with E-state index in [-0.39, 0.29) is 12.0 Å². The van der Waals surface area contributed by atoms with Gasteiger partial charge >= 0.3 is 6.36 Å². The fourth-order valence-corrected chi connectivity index (χ4v) is 1.56. The highest BCUT2D eigenvalue weighted by Gasteiger charge is 2.31. The lowest BCUT2D eigenvalue weighted by Gasteiger charge is -2.12. The van der Waals surface area contributed by atoms with Crippen LogP contribution in [0.4, 0.5) is 13.2 Å². The van der Waals surface area contributed by atoms with Crippen molar-refractivity contribution in [1.82, 2.24) is 0 Å². The minimum atomic E-state index is -4.87. The Balaban J connectivity index is 3.02. The fourth-order valence-electron chi connectivity index (χ4n) is 1.56. The number of carbonyl (C=O) groups excluding carboxylic acids is 2. The molecule has 0 fully saturated rings. The summed E-state index contributed by atoms with van der Waals surface area (Å²) >= 11 is 0. The van der Waals surface area contributed by atoms with Gasteiger partial charge in [-0.25, -0.2) is 0 Å². The number of hydrogen-bond acceptors (Lipinski definition) is 4. The molecule has 106 valence electrons. The van der Waals surface area contributed by atoms with Gasteiger partial charge in [0.25, 0.3) is 0 Å². The van der Waals surface area contributed by atoms with Crippen LogP contribution < -0.4 is 4.74 Å². The van der Waals surface area contributed by atoms with Gasteiger partial charge in [0.2, 0.25) is 0 Å². The van der Waals surface area contributed by atoms with Gasteiger partial charge in [-0.05, 0) is 19.1 Å². The maximum absolute atomic E-state index is 12.1. The zero-order valence-electron chi connectivity index (χ0n) is 10.4. The molecule has 0 saturated heterocycles. The maximum atomic E-state index is 12.1. The summed E-state index contributed by atoms with van der Waals surface area (Å²) < 4.78 is 39.9. The van der Waals surface area contributed by atoms with Crippen LogP contribution in [0, 0.1) is 17.2 Å². The Kier molecular flexibility index (Phi) is 4.86. The molecule has 1 atom stereocenters. The van der Waals surface area contributed by atoms with Crippen LogP contribution in [0.25, 0.3) is 0 Å². The average molecular weight is 285 g/mol. The SMILES string of the molecule is CC(=O)C(CC#N)C(=O)c1cccc(OC(F)(F)F)c1. The lowest BCUT2D eigenvalue weighted by Crippen LogP contribution is -2.22. The third kappa shape index (κ3) is 4.39. The summed E-state index contributed by atoms with van der Waals surface area (Å²) in [6.07, 6.45) is -5.19. The van der Waals surface area contributed by atoms with E-state index in [4.69, 9.17) is 5.26 Å². The molecule has 0 N–H and O–H groups in total. The molecule has 0 aliphatic carbocycles. The molecule has 1 aromatic rings. The lowest BCUT2D eigenvalue weighted by molar-refractivity contribution is -0.274. The molecule has 1 rings (SSSR count). The van der Waals surface area contributed by atoms with E-state index in [0.717, 1.165) is 19.1 Å². The van der Waals surface area contributed by atoms with Gasteiger partial charge < -0.3 is 4.74 Å². The van der Waals surface area contributed by atoms with Gasteiger partial charge in [-0.2, -0.15) is 5.26 Å². The van der Waals surface area contributed by atoms with Crippen LogP contribution >= 0.6 is 0 Å². The predicted octanol–water partition coefficient (Wildman–Crippen LogP) is 2.89. The van der Waals surface area contributed by atoms with Crippen molar-refractivity contribution in [2.24, 2.45) is 5.92 Å². The van der Waals surface area contributed by atoms with Crippen LogP contribution in [-0.4, -0.2) is 17.9 Å². The van der Waals surface area contributed by atoms with Crippen LogP contribution in [0.15, 0.2) is 24.3 Å². The highest BCUT2D eigenvalue weighted by Crippen LogP contribution is 2.24. The molecule has 0 amide bonds. The van der Waals surface area contributed by atoms with Crippen molar-refractivity contribution in [2.45, 2.75) is 19.7 Å². The lowest BCUT2D eigenvalue weighted by atomic mass is 9.92. The molecule has 0 aliphatic heterocycles. The maximum Gasteiger partial charge on any atom is 0.573 e. The van der Waals surface area contributed by atoms with Crippen LogP contribution in [-0.2, 0) is 4.79 Å². The van der Waals surface area contributed by atoms with Crippen molar-refractivity contribution >= 4 is 11.6 Å². The number of ether oxygens (including phenoxy) is 1. The monoisotopic (exact) mass is 285 g/mol. The largest absolute Gasteiger partial charge is 0.573 e. The number of ketones is 2. The van der Waals surface area contributed by atoms with Crippen molar-refractivity contribution in [3.05, 3.63) is 29.8 Å². The molecule has 0 heterocycles. The number of hydrogen-bond donors (Lipinski definition) is 0. The molecule has 0 aromatic heterocycles. The Morgan fingerprint density at radius 2 is 2.05 bits per heavy atom. The Morgan fingerprint density at radius 3 is 2.55 bits per heavy atom. The summed E-state index contributed by atoms with van der Waals surface area (Å²) in [6, 6.07) is 6.10. The molecule has 0 aliphatic rings. The smallest absolute Gasteiger partial charge is 0.406 e. The molecule has 0 bridgehead atoms. The second-order valence-corrected chi connectivity index (χ2v) is 3.97. The normalized spacial score (nSPS) is 12.3. The number of Topliss-reactive ketones (excluding diaryl/α,β-unsaturated/α-hetero) is 2. The van der Waals surface area contributed by atoms with Gasteiger partial charge in [0.15, 0.2) is 5.78 Å². The molecule has 20 heavy (non-hydrogen) atoms. The summed E-state index contributed by atoms with van der Waals surface area (Å²) in [5.74, 6) is -2.95. The van der Waals surface area contributed by atoms with E-state index in [1.54, 1.807) is 6.07 Å². The minimum Gasteiger partial charge on any atom is -0.406 e. The second kappa shape index (κ2) is 6.19. The Bertz CT molecular complexity index is 561. The van der Waals surface area contributed by atoms with Crippen molar-refractivity contribution < 1.29 is 27.5 Å². The third-order valence-corrected chi connectivity index (χ3v) is 2.45. The molecule has 7 heteroatoms. The minimum absolute atomic E-state index is 0.109. The van der Waals surface area contributed by atoms with Gasteiger partial charge in [0, 0.05) is 5.56 Å². The van der Waals surface area contributed by atoms with E-state index >= 15 is 0 Å². The molecule has 0 radical (unpaired) electrons. The fraction of sp³-hybridized carbons (Fsp3) is 0.308. The van der Waals surface area contributed by atoms with E-state index in [1.807, 2.05) is 0 Å². The van der Waals surface area contributed by atoms with Crippen LogP contribution in [0.2, 0.25) is 0 Å². The molecule has 1 unspecified atom stereocenters.